The van der Waals surface area contributed by atoms with E-state index in [1.54, 1.807) is 0 Å². The van der Waals surface area contributed by atoms with E-state index < -0.39 is 10.1 Å². The third kappa shape index (κ3) is 15.3. The van der Waals surface area contributed by atoms with Crippen LogP contribution in [0.4, 0.5) is 0 Å². The van der Waals surface area contributed by atoms with Crippen LogP contribution in [0.5, 0.6) is 0 Å². The van der Waals surface area contributed by atoms with Crippen LogP contribution in [-0.4, -0.2) is 24.5 Å². The largest absolute Gasteiger partial charge is 1.00 e. The molecule has 0 unspecified atom stereocenters. The molecule has 0 saturated carbocycles. The smallest absolute Gasteiger partial charge is 0.748 e. The number of carbonyl (C=O) groups excluding carboxylic acids is 1. The fourth-order valence-corrected chi connectivity index (χ4v) is 1.39. The molecule has 0 radical (unpaired) electrons. The number of rotatable bonds is 6. The van der Waals surface area contributed by atoms with Gasteiger partial charge >= 0.3 is 29.6 Å². The molecular weight excluding hydrogens is 203 g/mol. The van der Waals surface area contributed by atoms with Crippen molar-refractivity contribution in [3.05, 3.63) is 0 Å². The van der Waals surface area contributed by atoms with E-state index in [1.165, 1.54) is 6.92 Å². The van der Waals surface area contributed by atoms with Crippen LogP contribution in [0.15, 0.2) is 0 Å². The first kappa shape index (κ1) is 16.0. The second-order valence-electron chi connectivity index (χ2n) is 2.77. The zero-order valence-electron chi connectivity index (χ0n) is 8.08. The molecule has 72 valence electrons. The first-order valence-corrected chi connectivity index (χ1v) is 5.42. The van der Waals surface area contributed by atoms with E-state index >= 15 is 0 Å². The summed E-state index contributed by atoms with van der Waals surface area (Å²) in [5.74, 6) is -0.217. The van der Waals surface area contributed by atoms with Gasteiger partial charge in [0.05, 0.1) is 10.1 Å². The Labute approximate surface area is 101 Å². The van der Waals surface area contributed by atoms with Crippen LogP contribution in [0.25, 0.3) is 0 Å². The van der Waals surface area contributed by atoms with Gasteiger partial charge in [-0.05, 0) is 19.8 Å². The van der Waals surface area contributed by atoms with Gasteiger partial charge in [-0.25, -0.2) is 8.42 Å². The van der Waals surface area contributed by atoms with E-state index in [4.69, 9.17) is 0 Å². The van der Waals surface area contributed by atoms with Gasteiger partial charge in [0.25, 0.3) is 0 Å². The number of unbranched alkanes of at least 4 members (excludes halogenated alkanes) is 2. The van der Waals surface area contributed by atoms with E-state index in [2.05, 4.69) is 0 Å². The molecule has 6 heteroatoms. The molecule has 13 heavy (non-hydrogen) atoms. The quantitative estimate of drug-likeness (QED) is 0.284. The second kappa shape index (κ2) is 7.94. The summed E-state index contributed by atoms with van der Waals surface area (Å²) in [4.78, 5) is 10.4. The molecule has 0 bridgehead atoms. The molecule has 0 aliphatic heterocycles. The van der Waals surface area contributed by atoms with Gasteiger partial charge in [0.1, 0.15) is 5.78 Å². The predicted octanol–water partition coefficient (Wildman–Crippen LogP) is -2.31. The van der Waals surface area contributed by atoms with Gasteiger partial charge in [-0.15, -0.1) is 0 Å². The molecule has 0 aromatic carbocycles. The Morgan fingerprint density at radius 3 is 2.15 bits per heavy atom. The summed E-state index contributed by atoms with van der Waals surface area (Å²) in [5, 5.41) is 0. The standard InChI is InChI=1S/C7H14O4S.Na/c1-7(8)5-3-2-4-6-12(9,10)11;/h2-6H2,1H3,(H,9,10,11);/q;+1/p-1. The van der Waals surface area contributed by atoms with E-state index in [-0.39, 0.29) is 41.1 Å². The van der Waals surface area contributed by atoms with Crippen LogP contribution in [0, 0.1) is 0 Å². The molecule has 0 aromatic rings. The van der Waals surface area contributed by atoms with Crippen molar-refractivity contribution in [1.82, 2.24) is 0 Å². The van der Waals surface area contributed by atoms with Crippen molar-refractivity contribution in [2.45, 2.75) is 32.6 Å². The SMILES string of the molecule is CC(=O)CCCCCS(=O)(=O)[O-].[Na+]. The van der Waals surface area contributed by atoms with Gasteiger partial charge in [0.2, 0.25) is 0 Å². The van der Waals surface area contributed by atoms with Gasteiger partial charge < -0.3 is 9.35 Å². The zero-order valence-corrected chi connectivity index (χ0v) is 10.9. The molecule has 0 aliphatic carbocycles. The van der Waals surface area contributed by atoms with Crippen molar-refractivity contribution in [2.75, 3.05) is 5.75 Å². The molecular formula is C7H13NaO4S. The summed E-state index contributed by atoms with van der Waals surface area (Å²) in [7, 11) is -4.06. The molecule has 0 spiro atoms. The van der Waals surface area contributed by atoms with Crippen molar-refractivity contribution in [2.24, 2.45) is 0 Å². The molecule has 0 aromatic heterocycles. The Morgan fingerprint density at radius 2 is 1.77 bits per heavy atom. The average molecular weight is 216 g/mol. The van der Waals surface area contributed by atoms with Crippen molar-refractivity contribution in [3.63, 3.8) is 0 Å². The molecule has 0 aliphatic rings. The van der Waals surface area contributed by atoms with Crippen molar-refractivity contribution in [1.29, 1.82) is 0 Å². The van der Waals surface area contributed by atoms with Crippen LogP contribution in [0.3, 0.4) is 0 Å². The predicted molar refractivity (Wildman–Crippen MR) is 43.7 cm³/mol. The summed E-state index contributed by atoms with van der Waals surface area (Å²) in [6, 6.07) is 0. The average Bonchev–Trinajstić information content (AvgIpc) is 1.83. The third-order valence-corrected chi connectivity index (χ3v) is 2.21. The van der Waals surface area contributed by atoms with E-state index in [9.17, 15) is 17.8 Å². The van der Waals surface area contributed by atoms with Gasteiger partial charge in [0, 0.05) is 12.2 Å². The Morgan fingerprint density at radius 1 is 1.23 bits per heavy atom. The Hall–Kier alpha value is 0.580. The van der Waals surface area contributed by atoms with E-state index in [0.29, 0.717) is 25.7 Å². The van der Waals surface area contributed by atoms with Gasteiger partial charge in [0.15, 0.2) is 0 Å². The Kier molecular flexibility index (Phi) is 9.78. The first-order chi connectivity index (χ1) is 5.42. The van der Waals surface area contributed by atoms with Gasteiger partial charge in [-0.2, -0.15) is 0 Å². The summed E-state index contributed by atoms with van der Waals surface area (Å²) >= 11 is 0. The molecule has 4 nitrogen and oxygen atoms in total. The molecule has 0 saturated heterocycles. The van der Waals surface area contributed by atoms with Crippen molar-refractivity contribution in [3.8, 4) is 0 Å². The topological polar surface area (TPSA) is 74.3 Å². The maximum atomic E-state index is 10.4. The van der Waals surface area contributed by atoms with E-state index in [0.717, 1.165) is 0 Å². The minimum absolute atomic E-state index is 0. The first-order valence-electron chi connectivity index (χ1n) is 3.85. The summed E-state index contributed by atoms with van der Waals surface area (Å²) in [6.45, 7) is 1.49. The summed E-state index contributed by atoms with van der Waals surface area (Å²) < 4.78 is 30.3. The van der Waals surface area contributed by atoms with Crippen LogP contribution in [0.1, 0.15) is 32.6 Å². The maximum Gasteiger partial charge on any atom is 1.00 e. The molecule has 0 atom stereocenters. The van der Waals surface area contributed by atoms with Gasteiger partial charge in [-0.1, -0.05) is 6.42 Å². The van der Waals surface area contributed by atoms with Crippen LogP contribution in [-0.2, 0) is 14.9 Å². The number of hydrogen-bond donors (Lipinski definition) is 0. The third-order valence-electron chi connectivity index (χ3n) is 1.42. The van der Waals surface area contributed by atoms with Crippen LogP contribution < -0.4 is 29.6 Å². The normalized spacial score (nSPS) is 10.6. The Balaban J connectivity index is 0. The van der Waals surface area contributed by atoms with Crippen LogP contribution >= 0.6 is 0 Å². The fraction of sp³-hybridized carbons (Fsp3) is 0.857. The molecule has 0 fully saturated rings. The second-order valence-corrected chi connectivity index (χ2v) is 4.30. The molecule has 0 rings (SSSR count). The summed E-state index contributed by atoms with van der Waals surface area (Å²) in [5.41, 5.74) is 0. The number of Topliss-reactive ketones (excluding diaryl/α,β-unsaturated/α-hetero) is 1. The fourth-order valence-electron chi connectivity index (χ4n) is 0.830. The minimum atomic E-state index is -4.06. The van der Waals surface area contributed by atoms with Crippen molar-refractivity contribution < 1.29 is 47.3 Å². The number of hydrogen-bond acceptors (Lipinski definition) is 4. The summed E-state index contributed by atoms with van der Waals surface area (Å²) in [6.07, 6.45) is 2.13. The molecule has 0 N–H and O–H groups in total. The Bertz CT molecular complexity index is 235. The van der Waals surface area contributed by atoms with Crippen molar-refractivity contribution >= 4 is 15.9 Å². The monoisotopic (exact) mass is 216 g/mol. The van der Waals surface area contributed by atoms with E-state index in [1.807, 2.05) is 0 Å². The van der Waals surface area contributed by atoms with Gasteiger partial charge in [-0.3, -0.25) is 0 Å². The number of ketones is 1. The molecule has 0 amide bonds. The number of carbonyl (C=O) groups is 1. The van der Waals surface area contributed by atoms with Crippen LogP contribution in [0.2, 0.25) is 0 Å². The molecule has 0 heterocycles. The zero-order chi connectivity index (χ0) is 9.61. The minimum Gasteiger partial charge on any atom is -0.748 e. The maximum absolute atomic E-state index is 10.4.